The van der Waals surface area contributed by atoms with Gasteiger partial charge in [-0.15, -0.1) is 0 Å². The summed E-state index contributed by atoms with van der Waals surface area (Å²) < 4.78 is 0. The maximum atomic E-state index is 3.57. The molecule has 92 valence electrons. The highest BCUT2D eigenvalue weighted by Gasteiger charge is 2.00. The lowest BCUT2D eigenvalue weighted by molar-refractivity contribution is 0.549. The van der Waals surface area contributed by atoms with Crippen LogP contribution in [0.3, 0.4) is 0 Å². The first-order chi connectivity index (χ1) is 7.89. The van der Waals surface area contributed by atoms with E-state index in [9.17, 15) is 0 Å². The van der Waals surface area contributed by atoms with Crippen LogP contribution in [0.2, 0.25) is 0 Å². The number of rotatable bonds is 0. The summed E-state index contributed by atoms with van der Waals surface area (Å²) in [5, 5.41) is 0. The maximum absolute atomic E-state index is 3.57. The van der Waals surface area contributed by atoms with E-state index in [0.29, 0.717) is 0 Å². The fraction of sp³-hybridized carbons (Fsp3) is 0.812. The molecule has 1 atom stereocenters. The summed E-state index contributed by atoms with van der Waals surface area (Å²) in [4.78, 5) is 0. The van der Waals surface area contributed by atoms with E-state index in [2.05, 4.69) is 25.5 Å². The van der Waals surface area contributed by atoms with Gasteiger partial charge < -0.3 is 0 Å². The predicted octanol–water partition coefficient (Wildman–Crippen LogP) is 5.56. The molecule has 0 saturated heterocycles. The summed E-state index contributed by atoms with van der Waals surface area (Å²) in [7, 11) is 0. The molecule has 0 nitrogen and oxygen atoms in total. The Morgan fingerprint density at radius 3 is 2.38 bits per heavy atom. The van der Waals surface area contributed by atoms with Gasteiger partial charge in [-0.2, -0.15) is 0 Å². The van der Waals surface area contributed by atoms with E-state index >= 15 is 0 Å². The molecule has 16 heavy (non-hydrogen) atoms. The van der Waals surface area contributed by atoms with Crippen LogP contribution in [0.1, 0.15) is 77.6 Å². The first kappa shape index (κ1) is 13.8. The van der Waals surface area contributed by atoms with E-state index in [1.54, 1.807) is 0 Å². The van der Waals surface area contributed by atoms with Crippen molar-refractivity contribution < 1.29 is 0 Å². The molecule has 0 heteroatoms. The quantitative estimate of drug-likeness (QED) is 0.468. The molecule has 0 N–H and O–H groups in total. The van der Waals surface area contributed by atoms with Gasteiger partial charge in [0.2, 0.25) is 0 Å². The zero-order valence-corrected chi connectivity index (χ0v) is 11.0. The van der Waals surface area contributed by atoms with Gasteiger partial charge in [-0.3, -0.25) is 0 Å². The van der Waals surface area contributed by atoms with Gasteiger partial charge in [0.1, 0.15) is 0 Å². The van der Waals surface area contributed by atoms with Crippen LogP contribution in [0.15, 0.2) is 12.2 Å². The second-order valence-electron chi connectivity index (χ2n) is 5.28. The van der Waals surface area contributed by atoms with E-state index in [1.165, 1.54) is 70.6 Å². The Labute approximate surface area is 103 Å². The summed E-state index contributed by atoms with van der Waals surface area (Å²) in [5.41, 5.74) is 0. The number of allylic oxidation sites excluding steroid dienone is 2. The Hall–Kier alpha value is -0.260. The lowest BCUT2D eigenvalue weighted by Crippen LogP contribution is -1.93. The zero-order valence-electron chi connectivity index (χ0n) is 11.0. The topological polar surface area (TPSA) is 0 Å². The Bertz CT molecular complexity index is 169. The molecule has 0 aromatic heterocycles. The molecule has 2 radical (unpaired) electrons. The van der Waals surface area contributed by atoms with Crippen molar-refractivity contribution in [2.75, 3.05) is 0 Å². The fourth-order valence-electron chi connectivity index (χ4n) is 2.27. The van der Waals surface area contributed by atoms with Crippen molar-refractivity contribution in [3.05, 3.63) is 18.6 Å². The normalized spacial score (nSPS) is 28.9. The van der Waals surface area contributed by atoms with Crippen molar-refractivity contribution in [2.24, 2.45) is 5.92 Å². The minimum Gasteiger partial charge on any atom is -0.0885 e. The van der Waals surface area contributed by atoms with Crippen LogP contribution >= 0.6 is 0 Å². The van der Waals surface area contributed by atoms with Crippen LogP contribution in [-0.4, -0.2) is 0 Å². The Morgan fingerprint density at radius 2 is 1.56 bits per heavy atom. The molecule has 1 rings (SSSR count). The second kappa shape index (κ2) is 9.93. The molecule has 0 saturated carbocycles. The first-order valence-corrected chi connectivity index (χ1v) is 7.25. The van der Waals surface area contributed by atoms with Gasteiger partial charge in [-0.25, -0.2) is 0 Å². The van der Waals surface area contributed by atoms with Crippen molar-refractivity contribution in [2.45, 2.75) is 77.6 Å². The molecule has 0 spiro atoms. The molecular weight excluding hydrogens is 192 g/mol. The van der Waals surface area contributed by atoms with Crippen LogP contribution in [0.4, 0.5) is 0 Å². The molecule has 0 aliphatic heterocycles. The van der Waals surface area contributed by atoms with Gasteiger partial charge in [0, 0.05) is 0 Å². The summed E-state index contributed by atoms with van der Waals surface area (Å²) in [6, 6.07) is 0. The Kier molecular flexibility index (Phi) is 8.57. The lowest BCUT2D eigenvalue weighted by Gasteiger charge is -2.07. The average Bonchev–Trinajstić information content (AvgIpc) is 2.29. The third-order valence-electron chi connectivity index (χ3n) is 3.42. The standard InChI is InChI=1S/C16H28/c1-16-14-12-10-8-6-4-2-3-5-7-9-11-13-15-16/h10,12,16H,2-9,11,14-15H2,1H3/b12-10+. The van der Waals surface area contributed by atoms with Gasteiger partial charge in [0.05, 0.1) is 0 Å². The fourth-order valence-corrected chi connectivity index (χ4v) is 2.27. The van der Waals surface area contributed by atoms with E-state index in [-0.39, 0.29) is 0 Å². The molecule has 1 aliphatic rings. The van der Waals surface area contributed by atoms with Gasteiger partial charge in [-0.05, 0) is 44.4 Å². The second-order valence-corrected chi connectivity index (χ2v) is 5.28. The van der Waals surface area contributed by atoms with E-state index < -0.39 is 0 Å². The van der Waals surface area contributed by atoms with Gasteiger partial charge in [-0.1, -0.05) is 57.6 Å². The first-order valence-electron chi connectivity index (χ1n) is 7.25. The molecule has 0 bridgehead atoms. The predicted molar refractivity (Wildman–Crippen MR) is 72.3 cm³/mol. The molecule has 1 aliphatic carbocycles. The smallest absolute Gasteiger partial charge is 0.0171 e. The minimum atomic E-state index is 0.793. The van der Waals surface area contributed by atoms with Crippen LogP contribution < -0.4 is 0 Å². The molecule has 0 heterocycles. The third-order valence-corrected chi connectivity index (χ3v) is 3.42. The van der Waals surface area contributed by atoms with Gasteiger partial charge in [0.25, 0.3) is 0 Å². The van der Waals surface area contributed by atoms with Crippen LogP contribution in [0, 0.1) is 12.3 Å². The highest BCUT2D eigenvalue weighted by molar-refractivity contribution is 4.84. The average molecular weight is 220 g/mol. The van der Waals surface area contributed by atoms with E-state index in [0.717, 1.165) is 5.92 Å². The highest BCUT2D eigenvalue weighted by atomic mass is 14.1. The summed E-state index contributed by atoms with van der Waals surface area (Å²) in [5.74, 6) is 0.793. The molecular formula is C16H28. The van der Waals surface area contributed by atoms with E-state index in [4.69, 9.17) is 0 Å². The van der Waals surface area contributed by atoms with Crippen molar-refractivity contribution in [3.63, 3.8) is 0 Å². The number of hydrogen-bond donors (Lipinski definition) is 0. The summed E-state index contributed by atoms with van der Waals surface area (Å²) in [6.07, 6.45) is 23.2. The molecule has 1 unspecified atom stereocenters. The van der Waals surface area contributed by atoms with Crippen LogP contribution in [-0.2, 0) is 0 Å². The maximum Gasteiger partial charge on any atom is -0.0171 e. The Balaban J connectivity index is 2.18. The monoisotopic (exact) mass is 220 g/mol. The highest BCUT2D eigenvalue weighted by Crippen LogP contribution is 2.16. The Morgan fingerprint density at radius 1 is 0.875 bits per heavy atom. The number of hydrogen-bond acceptors (Lipinski definition) is 0. The lowest BCUT2D eigenvalue weighted by atomic mass is 9.99. The van der Waals surface area contributed by atoms with Gasteiger partial charge >= 0.3 is 0 Å². The molecule has 0 aromatic carbocycles. The molecule has 0 fully saturated rings. The van der Waals surface area contributed by atoms with Crippen molar-refractivity contribution >= 4 is 0 Å². The minimum absolute atomic E-state index is 0.793. The largest absolute Gasteiger partial charge is 0.0885 e. The van der Waals surface area contributed by atoms with Gasteiger partial charge in [0.15, 0.2) is 0 Å². The molecule has 0 aromatic rings. The van der Waals surface area contributed by atoms with E-state index in [1.807, 2.05) is 0 Å². The molecule has 0 amide bonds. The zero-order chi connectivity index (χ0) is 11.5. The van der Waals surface area contributed by atoms with Crippen molar-refractivity contribution in [1.82, 2.24) is 0 Å². The van der Waals surface area contributed by atoms with Crippen LogP contribution in [0.25, 0.3) is 0 Å². The van der Waals surface area contributed by atoms with Crippen molar-refractivity contribution in [1.29, 1.82) is 0 Å². The van der Waals surface area contributed by atoms with Crippen molar-refractivity contribution in [3.8, 4) is 0 Å². The summed E-state index contributed by atoms with van der Waals surface area (Å²) >= 11 is 0. The SMILES string of the molecule is CC1C[C]CCCCCCCCC/C=C/C1. The summed E-state index contributed by atoms with van der Waals surface area (Å²) in [6.45, 7) is 2.34. The van der Waals surface area contributed by atoms with Crippen LogP contribution in [0.5, 0.6) is 0 Å². The third kappa shape index (κ3) is 7.96.